The third-order valence-corrected chi connectivity index (χ3v) is 5.84. The molecule has 0 aliphatic heterocycles. The van der Waals surface area contributed by atoms with Crippen LogP contribution in [0.15, 0.2) is 59.5 Å². The normalized spacial score (nSPS) is 13.4. The van der Waals surface area contributed by atoms with Crippen LogP contribution in [-0.4, -0.2) is 29.8 Å². The Hall–Kier alpha value is -3.01. The van der Waals surface area contributed by atoms with E-state index >= 15 is 0 Å². The SMILES string of the molecule is CC(C(=O)O)c1cc2cc(OC(F)(F)F)ccc2n1S(=O)(=O)c1ccccc1. The van der Waals surface area contributed by atoms with Gasteiger partial charge in [-0.3, -0.25) is 4.79 Å². The number of aromatic nitrogens is 1. The van der Waals surface area contributed by atoms with Gasteiger partial charge in [0, 0.05) is 11.1 Å². The van der Waals surface area contributed by atoms with Gasteiger partial charge in [0.1, 0.15) is 5.75 Å². The fourth-order valence-corrected chi connectivity index (χ4v) is 4.41. The predicted octanol–water partition coefficient (Wildman–Crippen LogP) is 3.97. The maximum atomic E-state index is 13.1. The highest BCUT2D eigenvalue weighted by Crippen LogP contribution is 2.33. The maximum Gasteiger partial charge on any atom is 0.573 e. The molecule has 1 atom stereocenters. The number of aliphatic carboxylic acids is 1. The first-order valence-corrected chi connectivity index (χ1v) is 9.39. The first kappa shape index (κ1) is 19.7. The topological polar surface area (TPSA) is 85.6 Å². The molecule has 0 radical (unpaired) electrons. The van der Waals surface area contributed by atoms with Gasteiger partial charge in [0.15, 0.2) is 0 Å². The van der Waals surface area contributed by atoms with Crippen molar-refractivity contribution in [3.63, 3.8) is 0 Å². The number of hydrogen-bond acceptors (Lipinski definition) is 4. The van der Waals surface area contributed by atoms with Gasteiger partial charge in [0.2, 0.25) is 0 Å². The third-order valence-electron chi connectivity index (χ3n) is 4.08. The zero-order valence-electron chi connectivity index (χ0n) is 14.3. The number of hydrogen-bond donors (Lipinski definition) is 1. The van der Waals surface area contributed by atoms with Crippen molar-refractivity contribution in [1.82, 2.24) is 3.97 Å². The van der Waals surface area contributed by atoms with Crippen LogP contribution < -0.4 is 4.74 Å². The number of benzene rings is 2. The van der Waals surface area contributed by atoms with Gasteiger partial charge >= 0.3 is 12.3 Å². The first-order valence-electron chi connectivity index (χ1n) is 7.95. The smallest absolute Gasteiger partial charge is 0.481 e. The van der Waals surface area contributed by atoms with E-state index in [1.807, 2.05) is 0 Å². The number of rotatable bonds is 5. The summed E-state index contributed by atoms with van der Waals surface area (Å²) in [6.45, 7) is 1.29. The van der Waals surface area contributed by atoms with E-state index in [-0.39, 0.29) is 21.5 Å². The second-order valence-electron chi connectivity index (χ2n) is 5.98. The highest BCUT2D eigenvalue weighted by molar-refractivity contribution is 7.90. The zero-order valence-corrected chi connectivity index (χ0v) is 15.2. The Morgan fingerprint density at radius 2 is 1.75 bits per heavy atom. The molecule has 1 unspecified atom stereocenters. The van der Waals surface area contributed by atoms with Crippen molar-refractivity contribution in [3.05, 3.63) is 60.3 Å². The lowest BCUT2D eigenvalue weighted by molar-refractivity contribution is -0.274. The standard InChI is InChI=1S/C18H14F3NO5S/c1-11(17(23)24)16-10-12-9-13(27-18(19,20)21)7-8-15(12)22(16)28(25,26)14-5-3-2-4-6-14/h2-11H,1H3,(H,23,24). The second-order valence-corrected chi connectivity index (χ2v) is 7.77. The molecule has 0 fully saturated rings. The summed E-state index contributed by atoms with van der Waals surface area (Å²) in [5, 5.41) is 9.45. The fourth-order valence-electron chi connectivity index (χ4n) is 2.78. The molecule has 3 rings (SSSR count). The molecule has 2 aromatic carbocycles. The summed E-state index contributed by atoms with van der Waals surface area (Å²) in [5.41, 5.74) is -0.0445. The number of carbonyl (C=O) groups is 1. The molecular formula is C18H14F3NO5S. The Kier molecular flexibility index (Phi) is 4.84. The molecule has 3 aromatic rings. The molecule has 1 heterocycles. The molecule has 6 nitrogen and oxygen atoms in total. The fraction of sp³-hybridized carbons (Fsp3) is 0.167. The van der Waals surface area contributed by atoms with E-state index in [0.29, 0.717) is 0 Å². The Labute approximate surface area is 157 Å². The van der Waals surface area contributed by atoms with Crippen molar-refractivity contribution in [2.45, 2.75) is 24.1 Å². The molecule has 0 saturated heterocycles. The van der Waals surface area contributed by atoms with Gasteiger partial charge in [-0.25, -0.2) is 12.4 Å². The summed E-state index contributed by atoms with van der Waals surface area (Å²) in [4.78, 5) is 11.4. The van der Waals surface area contributed by atoms with E-state index < -0.39 is 34.0 Å². The van der Waals surface area contributed by atoms with E-state index in [0.717, 1.165) is 22.2 Å². The maximum absolute atomic E-state index is 13.1. The van der Waals surface area contributed by atoms with Crippen LogP contribution in [0.1, 0.15) is 18.5 Å². The van der Waals surface area contributed by atoms with Crippen LogP contribution in [-0.2, 0) is 14.8 Å². The van der Waals surface area contributed by atoms with Gasteiger partial charge in [0.05, 0.1) is 16.3 Å². The lowest BCUT2D eigenvalue weighted by Crippen LogP contribution is -2.20. The Bertz CT molecular complexity index is 1140. The monoisotopic (exact) mass is 413 g/mol. The highest BCUT2D eigenvalue weighted by Gasteiger charge is 2.32. The van der Waals surface area contributed by atoms with Crippen molar-refractivity contribution in [2.24, 2.45) is 0 Å². The van der Waals surface area contributed by atoms with Gasteiger partial charge in [0.25, 0.3) is 10.0 Å². The van der Waals surface area contributed by atoms with Crippen molar-refractivity contribution in [2.75, 3.05) is 0 Å². The second kappa shape index (κ2) is 6.86. The number of carboxylic acids is 1. The lowest BCUT2D eigenvalue weighted by Gasteiger charge is -2.14. The van der Waals surface area contributed by atoms with Crippen LogP contribution in [0.2, 0.25) is 0 Å². The van der Waals surface area contributed by atoms with E-state index in [2.05, 4.69) is 4.74 Å². The molecule has 0 amide bonds. The number of alkyl halides is 3. The minimum atomic E-state index is -4.91. The summed E-state index contributed by atoms with van der Waals surface area (Å²) in [6, 6.07) is 11.7. The highest BCUT2D eigenvalue weighted by atomic mass is 32.2. The number of nitrogens with zero attached hydrogens (tertiary/aromatic N) is 1. The van der Waals surface area contributed by atoms with Crippen LogP contribution in [0.3, 0.4) is 0 Å². The summed E-state index contributed by atoms with van der Waals surface area (Å²) in [7, 11) is -4.19. The molecular weight excluding hydrogens is 399 g/mol. The number of ether oxygens (including phenoxy) is 1. The minimum absolute atomic E-state index is 0.0430. The molecule has 148 valence electrons. The average Bonchev–Trinajstić information content (AvgIpc) is 2.99. The van der Waals surface area contributed by atoms with Crippen LogP contribution in [0.25, 0.3) is 10.9 Å². The molecule has 10 heteroatoms. The van der Waals surface area contributed by atoms with Crippen LogP contribution in [0, 0.1) is 0 Å². The average molecular weight is 413 g/mol. The molecule has 1 N–H and O–H groups in total. The molecule has 0 aliphatic rings. The van der Waals surface area contributed by atoms with Crippen LogP contribution >= 0.6 is 0 Å². The van der Waals surface area contributed by atoms with Crippen molar-refractivity contribution in [3.8, 4) is 5.75 Å². The van der Waals surface area contributed by atoms with Gasteiger partial charge in [-0.1, -0.05) is 18.2 Å². The van der Waals surface area contributed by atoms with E-state index in [1.54, 1.807) is 6.07 Å². The van der Waals surface area contributed by atoms with Crippen molar-refractivity contribution < 1.29 is 36.2 Å². The lowest BCUT2D eigenvalue weighted by atomic mass is 10.1. The van der Waals surface area contributed by atoms with E-state index in [9.17, 15) is 31.5 Å². The zero-order chi connectivity index (χ0) is 20.7. The van der Waals surface area contributed by atoms with E-state index in [4.69, 9.17) is 0 Å². The Balaban J connectivity index is 2.27. The molecule has 28 heavy (non-hydrogen) atoms. The number of fused-ring (bicyclic) bond motifs is 1. The van der Waals surface area contributed by atoms with Gasteiger partial charge in [-0.05, 0) is 43.3 Å². The number of carboxylic acid groups (broad SMARTS) is 1. The molecule has 1 aromatic heterocycles. The van der Waals surface area contributed by atoms with Gasteiger partial charge < -0.3 is 9.84 Å². The first-order chi connectivity index (χ1) is 13.0. The van der Waals surface area contributed by atoms with Crippen LogP contribution in [0.4, 0.5) is 13.2 Å². The summed E-state index contributed by atoms with van der Waals surface area (Å²) in [5.74, 6) is -3.04. The van der Waals surface area contributed by atoms with E-state index in [1.165, 1.54) is 37.3 Å². The largest absolute Gasteiger partial charge is 0.573 e. The molecule has 0 aliphatic carbocycles. The Morgan fingerprint density at radius 3 is 2.32 bits per heavy atom. The van der Waals surface area contributed by atoms with Crippen molar-refractivity contribution >= 4 is 26.9 Å². The van der Waals surface area contributed by atoms with Gasteiger partial charge in [-0.15, -0.1) is 13.2 Å². The van der Waals surface area contributed by atoms with Crippen molar-refractivity contribution in [1.29, 1.82) is 0 Å². The van der Waals surface area contributed by atoms with Gasteiger partial charge in [-0.2, -0.15) is 0 Å². The minimum Gasteiger partial charge on any atom is -0.481 e. The summed E-state index contributed by atoms with van der Waals surface area (Å²) < 4.78 is 68.4. The molecule has 0 spiro atoms. The quantitative estimate of drug-likeness (QED) is 0.684. The third kappa shape index (κ3) is 3.68. The Morgan fingerprint density at radius 1 is 1.11 bits per heavy atom. The number of halogens is 3. The molecule has 0 bridgehead atoms. The summed E-state index contributed by atoms with van der Waals surface area (Å²) in [6.07, 6.45) is -4.91. The molecule has 0 saturated carbocycles. The summed E-state index contributed by atoms with van der Waals surface area (Å²) >= 11 is 0. The predicted molar refractivity (Wildman–Crippen MR) is 93.7 cm³/mol. The van der Waals surface area contributed by atoms with Crippen LogP contribution in [0.5, 0.6) is 5.75 Å².